The SMILES string of the molecule is NC(=O)C1CCCCC1Nc1nc(-c2ccncc2)nc2ccccc12. The van der Waals surface area contributed by atoms with Crippen LogP contribution in [0, 0.1) is 5.92 Å². The third-order valence-corrected chi connectivity index (χ3v) is 5.00. The molecule has 0 bridgehead atoms. The third kappa shape index (κ3) is 3.22. The minimum absolute atomic E-state index is 0.00449. The Balaban J connectivity index is 1.77. The number of para-hydroxylation sites is 1. The molecule has 0 spiro atoms. The van der Waals surface area contributed by atoms with Crippen LogP contribution in [0.3, 0.4) is 0 Å². The quantitative estimate of drug-likeness (QED) is 0.756. The van der Waals surface area contributed by atoms with Crippen molar-refractivity contribution in [3.63, 3.8) is 0 Å². The number of pyridine rings is 1. The van der Waals surface area contributed by atoms with Gasteiger partial charge < -0.3 is 11.1 Å². The van der Waals surface area contributed by atoms with Crippen molar-refractivity contribution < 1.29 is 4.79 Å². The van der Waals surface area contributed by atoms with E-state index < -0.39 is 0 Å². The number of aromatic nitrogens is 3. The fourth-order valence-electron chi connectivity index (χ4n) is 3.64. The molecule has 6 heteroatoms. The summed E-state index contributed by atoms with van der Waals surface area (Å²) in [7, 11) is 0. The van der Waals surface area contributed by atoms with Gasteiger partial charge in [0.05, 0.1) is 11.4 Å². The van der Waals surface area contributed by atoms with Crippen molar-refractivity contribution in [2.45, 2.75) is 31.7 Å². The van der Waals surface area contributed by atoms with Gasteiger partial charge in [0, 0.05) is 29.4 Å². The van der Waals surface area contributed by atoms with Crippen molar-refractivity contribution in [1.82, 2.24) is 15.0 Å². The van der Waals surface area contributed by atoms with Crippen LogP contribution in [0.25, 0.3) is 22.3 Å². The number of rotatable bonds is 4. The van der Waals surface area contributed by atoms with E-state index in [1.54, 1.807) is 12.4 Å². The molecule has 2 atom stereocenters. The van der Waals surface area contributed by atoms with E-state index >= 15 is 0 Å². The van der Waals surface area contributed by atoms with Gasteiger partial charge in [-0.25, -0.2) is 9.97 Å². The van der Waals surface area contributed by atoms with E-state index in [9.17, 15) is 4.79 Å². The predicted octanol–water partition coefficient (Wildman–Crippen LogP) is 3.15. The largest absolute Gasteiger partial charge is 0.369 e. The molecule has 1 saturated carbocycles. The molecule has 132 valence electrons. The summed E-state index contributed by atoms with van der Waals surface area (Å²) in [5.41, 5.74) is 7.40. The Morgan fingerprint density at radius 2 is 1.81 bits per heavy atom. The fourth-order valence-corrected chi connectivity index (χ4v) is 3.64. The fraction of sp³-hybridized carbons (Fsp3) is 0.300. The smallest absolute Gasteiger partial charge is 0.222 e. The molecule has 26 heavy (non-hydrogen) atoms. The molecular weight excluding hydrogens is 326 g/mol. The van der Waals surface area contributed by atoms with Crippen molar-refractivity contribution in [3.8, 4) is 11.4 Å². The van der Waals surface area contributed by atoms with Crippen molar-refractivity contribution >= 4 is 22.6 Å². The van der Waals surface area contributed by atoms with Gasteiger partial charge in [-0.2, -0.15) is 0 Å². The number of carbonyl (C=O) groups excluding carboxylic acids is 1. The van der Waals surface area contributed by atoms with Crippen LogP contribution < -0.4 is 11.1 Å². The molecule has 2 aromatic heterocycles. The number of carbonyl (C=O) groups is 1. The normalized spacial score (nSPS) is 20.0. The van der Waals surface area contributed by atoms with Gasteiger partial charge in [-0.15, -0.1) is 0 Å². The number of nitrogens with one attached hydrogen (secondary N) is 1. The number of hydrogen-bond donors (Lipinski definition) is 2. The average molecular weight is 347 g/mol. The molecule has 2 heterocycles. The van der Waals surface area contributed by atoms with Crippen LogP contribution in [0.2, 0.25) is 0 Å². The first-order valence-corrected chi connectivity index (χ1v) is 8.95. The Bertz CT molecular complexity index is 928. The van der Waals surface area contributed by atoms with Gasteiger partial charge in [0.25, 0.3) is 0 Å². The molecule has 0 aliphatic heterocycles. The van der Waals surface area contributed by atoms with Crippen LogP contribution in [0.1, 0.15) is 25.7 Å². The zero-order chi connectivity index (χ0) is 17.9. The van der Waals surface area contributed by atoms with Gasteiger partial charge in [0.2, 0.25) is 5.91 Å². The Hall–Kier alpha value is -3.02. The molecular formula is C20H21N5O. The molecule has 1 amide bonds. The van der Waals surface area contributed by atoms with Crippen LogP contribution in [0.4, 0.5) is 5.82 Å². The number of primary amides is 1. The number of hydrogen-bond acceptors (Lipinski definition) is 5. The van der Waals surface area contributed by atoms with Crippen LogP contribution in [-0.2, 0) is 4.79 Å². The molecule has 1 aliphatic rings. The van der Waals surface area contributed by atoms with Gasteiger partial charge in [-0.1, -0.05) is 25.0 Å². The summed E-state index contributed by atoms with van der Waals surface area (Å²) in [6, 6.07) is 11.7. The minimum atomic E-state index is -0.241. The average Bonchev–Trinajstić information content (AvgIpc) is 2.69. The summed E-state index contributed by atoms with van der Waals surface area (Å²) in [6.07, 6.45) is 7.32. The lowest BCUT2D eigenvalue weighted by Crippen LogP contribution is -2.40. The molecule has 1 aromatic carbocycles. The monoisotopic (exact) mass is 347 g/mol. The van der Waals surface area contributed by atoms with Crippen LogP contribution in [0.15, 0.2) is 48.8 Å². The lowest BCUT2D eigenvalue weighted by Gasteiger charge is -2.30. The Morgan fingerprint density at radius 3 is 2.62 bits per heavy atom. The molecule has 0 radical (unpaired) electrons. The van der Waals surface area contributed by atoms with Gasteiger partial charge >= 0.3 is 0 Å². The second-order valence-corrected chi connectivity index (χ2v) is 6.69. The molecule has 1 aliphatic carbocycles. The number of benzene rings is 1. The van der Waals surface area contributed by atoms with Gasteiger partial charge in [0.15, 0.2) is 5.82 Å². The van der Waals surface area contributed by atoms with Crippen LogP contribution in [0.5, 0.6) is 0 Å². The maximum absolute atomic E-state index is 11.8. The van der Waals surface area contributed by atoms with Crippen molar-refractivity contribution in [1.29, 1.82) is 0 Å². The first-order chi connectivity index (χ1) is 12.7. The van der Waals surface area contributed by atoms with Crippen molar-refractivity contribution in [2.24, 2.45) is 11.7 Å². The third-order valence-electron chi connectivity index (χ3n) is 5.00. The molecule has 3 aromatic rings. The summed E-state index contributed by atoms with van der Waals surface area (Å²) in [5.74, 6) is 0.984. The van der Waals surface area contributed by atoms with Crippen LogP contribution >= 0.6 is 0 Å². The van der Waals surface area contributed by atoms with Crippen molar-refractivity contribution in [2.75, 3.05) is 5.32 Å². The lowest BCUT2D eigenvalue weighted by atomic mass is 9.84. The van der Waals surface area contributed by atoms with E-state index in [4.69, 9.17) is 10.7 Å². The highest BCUT2D eigenvalue weighted by Gasteiger charge is 2.30. The van der Waals surface area contributed by atoms with E-state index in [1.165, 1.54) is 0 Å². The number of fused-ring (bicyclic) bond motifs is 1. The van der Waals surface area contributed by atoms with Crippen LogP contribution in [-0.4, -0.2) is 26.9 Å². The highest BCUT2D eigenvalue weighted by molar-refractivity contribution is 5.91. The van der Waals surface area contributed by atoms with E-state index in [0.717, 1.165) is 48.0 Å². The minimum Gasteiger partial charge on any atom is -0.369 e. The Morgan fingerprint density at radius 1 is 1.04 bits per heavy atom. The summed E-state index contributed by atoms with van der Waals surface area (Å²) in [5, 5.41) is 4.44. The first kappa shape index (κ1) is 16.4. The highest BCUT2D eigenvalue weighted by atomic mass is 16.1. The maximum Gasteiger partial charge on any atom is 0.222 e. The van der Waals surface area contributed by atoms with E-state index in [1.807, 2.05) is 36.4 Å². The van der Waals surface area contributed by atoms with E-state index in [0.29, 0.717) is 5.82 Å². The standard InChI is InChI=1S/C20H21N5O/c21-18(26)14-5-1-3-7-16(14)24-20-15-6-2-4-8-17(15)23-19(25-20)13-9-11-22-12-10-13/h2,4,6,8-12,14,16H,1,3,5,7H2,(H2,21,26)(H,23,24,25). The molecule has 2 unspecified atom stereocenters. The zero-order valence-corrected chi connectivity index (χ0v) is 14.4. The summed E-state index contributed by atoms with van der Waals surface area (Å²) >= 11 is 0. The molecule has 3 N–H and O–H groups in total. The topological polar surface area (TPSA) is 93.8 Å². The summed E-state index contributed by atoms with van der Waals surface area (Å²) in [4.78, 5) is 25.3. The second-order valence-electron chi connectivity index (χ2n) is 6.69. The summed E-state index contributed by atoms with van der Waals surface area (Å²) < 4.78 is 0. The van der Waals surface area contributed by atoms with E-state index in [2.05, 4.69) is 15.3 Å². The molecule has 0 saturated heterocycles. The molecule has 1 fully saturated rings. The Kier molecular flexibility index (Phi) is 4.48. The second kappa shape index (κ2) is 7.07. The summed E-state index contributed by atoms with van der Waals surface area (Å²) in [6.45, 7) is 0. The first-order valence-electron chi connectivity index (χ1n) is 8.95. The van der Waals surface area contributed by atoms with Gasteiger partial charge in [0.1, 0.15) is 5.82 Å². The number of amides is 1. The van der Waals surface area contributed by atoms with Crippen molar-refractivity contribution in [3.05, 3.63) is 48.8 Å². The zero-order valence-electron chi connectivity index (χ0n) is 14.4. The highest BCUT2D eigenvalue weighted by Crippen LogP contribution is 2.30. The number of anilines is 1. The lowest BCUT2D eigenvalue weighted by molar-refractivity contribution is -0.122. The molecule has 4 rings (SSSR count). The predicted molar refractivity (Wildman–Crippen MR) is 101 cm³/mol. The molecule has 6 nitrogen and oxygen atoms in total. The Labute approximate surface area is 151 Å². The maximum atomic E-state index is 11.8. The van der Waals surface area contributed by atoms with Gasteiger partial charge in [-0.3, -0.25) is 9.78 Å². The number of nitrogens with two attached hydrogens (primary N) is 1. The van der Waals surface area contributed by atoms with E-state index in [-0.39, 0.29) is 17.9 Å². The van der Waals surface area contributed by atoms with Gasteiger partial charge in [-0.05, 0) is 37.1 Å². The number of nitrogens with zero attached hydrogens (tertiary/aromatic N) is 3.